The zero-order valence-electron chi connectivity index (χ0n) is 22.2. The third kappa shape index (κ3) is 5.86. The van der Waals surface area contributed by atoms with Gasteiger partial charge in [0, 0.05) is 41.4 Å². The van der Waals surface area contributed by atoms with E-state index in [4.69, 9.17) is 15.2 Å². The number of benzene rings is 2. The quantitative estimate of drug-likeness (QED) is 0.230. The number of amides is 1. The maximum Gasteiger partial charge on any atom is 0.276 e. The number of likely N-dealkylation sites (tertiary alicyclic amines) is 1. The number of nitrogens with two attached hydrogens (primary N) is 1. The number of ether oxygens (including phenoxy) is 2. The Morgan fingerprint density at radius 2 is 2.15 bits per heavy atom. The SMILES string of the molecule is COc1cc2c(NC3=C[N+](CC(N)=O)(c4cccc(F)c4)N=N3)ncnc2cc1OCCCN1CCC[C@H]1CO. The Labute approximate surface area is 230 Å². The van der Waals surface area contributed by atoms with Gasteiger partial charge in [0.1, 0.15) is 18.0 Å². The first-order valence-electron chi connectivity index (χ1n) is 13.1. The number of nitrogens with zero attached hydrogens (tertiary/aromatic N) is 6. The Bertz CT molecular complexity index is 1450. The lowest BCUT2D eigenvalue weighted by atomic mass is 10.2. The normalized spacial score (nSPS) is 20.6. The predicted molar refractivity (Wildman–Crippen MR) is 147 cm³/mol. The summed E-state index contributed by atoms with van der Waals surface area (Å²) in [7, 11) is 1.56. The second-order valence-corrected chi connectivity index (χ2v) is 9.72. The first-order valence-corrected chi connectivity index (χ1v) is 13.1. The van der Waals surface area contributed by atoms with Gasteiger partial charge in [-0.15, -0.1) is 4.59 Å². The number of hydrogen-bond acceptors (Lipinski definition) is 10. The van der Waals surface area contributed by atoms with Crippen LogP contribution < -0.4 is 25.1 Å². The second-order valence-electron chi connectivity index (χ2n) is 9.72. The van der Waals surface area contributed by atoms with Crippen LogP contribution in [-0.2, 0) is 4.79 Å². The van der Waals surface area contributed by atoms with E-state index in [9.17, 15) is 14.3 Å². The van der Waals surface area contributed by atoms with Gasteiger partial charge in [0.2, 0.25) is 5.82 Å². The number of aliphatic hydroxyl groups is 1. The number of primary amides is 1. The maximum atomic E-state index is 14.0. The fourth-order valence-corrected chi connectivity index (χ4v) is 5.09. The van der Waals surface area contributed by atoms with E-state index in [0.717, 1.165) is 32.4 Å². The lowest BCUT2D eigenvalue weighted by Crippen LogP contribution is -2.44. The topological polar surface area (TPSA) is 148 Å². The third-order valence-electron chi connectivity index (χ3n) is 7.02. The van der Waals surface area contributed by atoms with Gasteiger partial charge in [0.05, 0.1) is 25.8 Å². The summed E-state index contributed by atoms with van der Waals surface area (Å²) < 4.78 is 25.2. The monoisotopic (exact) mass is 551 g/mol. The number of fused-ring (bicyclic) bond motifs is 1. The van der Waals surface area contributed by atoms with Crippen molar-refractivity contribution in [2.24, 2.45) is 16.1 Å². The highest BCUT2D eigenvalue weighted by atomic mass is 19.1. The minimum atomic E-state index is -0.626. The number of carbonyl (C=O) groups is 1. The lowest BCUT2D eigenvalue weighted by Gasteiger charge is -2.22. The molecule has 210 valence electrons. The molecule has 2 atom stereocenters. The molecule has 13 heteroatoms. The zero-order valence-corrected chi connectivity index (χ0v) is 22.2. The molecule has 0 spiro atoms. The van der Waals surface area contributed by atoms with Crippen LogP contribution >= 0.6 is 0 Å². The predicted octanol–water partition coefficient (Wildman–Crippen LogP) is 3.09. The fraction of sp³-hybridized carbons (Fsp3) is 0.370. The van der Waals surface area contributed by atoms with E-state index in [1.165, 1.54) is 24.5 Å². The number of anilines is 1. The first kappa shape index (κ1) is 27.4. The van der Waals surface area contributed by atoms with E-state index in [1.54, 1.807) is 31.5 Å². The van der Waals surface area contributed by atoms with E-state index in [2.05, 4.69) is 30.5 Å². The number of methoxy groups -OCH3 is 1. The number of halogens is 1. The number of rotatable bonds is 12. The molecule has 40 heavy (non-hydrogen) atoms. The molecule has 1 amide bonds. The molecule has 0 aliphatic carbocycles. The largest absolute Gasteiger partial charge is 0.493 e. The molecule has 0 radical (unpaired) electrons. The summed E-state index contributed by atoms with van der Waals surface area (Å²) in [5, 5.41) is 21.7. The molecule has 3 heterocycles. The van der Waals surface area contributed by atoms with Crippen LogP contribution in [0.15, 0.2) is 65.1 Å². The van der Waals surface area contributed by atoms with Gasteiger partial charge < -0.3 is 25.6 Å². The molecule has 1 aromatic heterocycles. The smallest absolute Gasteiger partial charge is 0.276 e. The van der Waals surface area contributed by atoms with Crippen molar-refractivity contribution < 1.29 is 23.8 Å². The van der Waals surface area contributed by atoms with Crippen LogP contribution in [0.3, 0.4) is 0 Å². The van der Waals surface area contributed by atoms with Gasteiger partial charge >= 0.3 is 0 Å². The number of aromatic nitrogens is 2. The Kier molecular flexibility index (Phi) is 8.14. The van der Waals surface area contributed by atoms with Crippen molar-refractivity contribution in [3.05, 3.63) is 60.6 Å². The van der Waals surface area contributed by atoms with Crippen molar-refractivity contribution in [2.75, 3.05) is 45.3 Å². The third-order valence-corrected chi connectivity index (χ3v) is 7.02. The Morgan fingerprint density at radius 3 is 2.92 bits per heavy atom. The van der Waals surface area contributed by atoms with Crippen LogP contribution in [0.4, 0.5) is 15.9 Å². The highest BCUT2D eigenvalue weighted by Crippen LogP contribution is 2.36. The van der Waals surface area contributed by atoms with Gasteiger partial charge in [-0.2, -0.15) is 0 Å². The fourth-order valence-electron chi connectivity index (χ4n) is 5.09. The van der Waals surface area contributed by atoms with Gasteiger partial charge in [-0.3, -0.25) is 9.69 Å². The van der Waals surface area contributed by atoms with Crippen molar-refractivity contribution in [1.29, 1.82) is 0 Å². The van der Waals surface area contributed by atoms with Crippen LogP contribution in [-0.4, -0.2) is 71.9 Å². The molecule has 1 unspecified atom stereocenters. The molecule has 4 N–H and O–H groups in total. The molecular weight excluding hydrogens is 519 g/mol. The minimum Gasteiger partial charge on any atom is -0.493 e. The molecule has 5 rings (SSSR count). The molecule has 0 saturated carbocycles. The summed E-state index contributed by atoms with van der Waals surface area (Å²) in [5.41, 5.74) is 6.49. The van der Waals surface area contributed by atoms with Crippen molar-refractivity contribution >= 4 is 28.3 Å². The number of nitrogens with one attached hydrogen (secondary N) is 1. The van der Waals surface area contributed by atoms with E-state index in [0.29, 0.717) is 46.3 Å². The average Bonchev–Trinajstić information content (AvgIpc) is 3.57. The van der Waals surface area contributed by atoms with Crippen molar-refractivity contribution in [3.8, 4) is 11.5 Å². The Morgan fingerprint density at radius 1 is 1.27 bits per heavy atom. The summed E-state index contributed by atoms with van der Waals surface area (Å²) in [6.45, 7) is 2.28. The number of carbonyl (C=O) groups excluding carboxylic acids is 1. The number of quaternary nitrogens is 1. The van der Waals surface area contributed by atoms with Crippen molar-refractivity contribution in [1.82, 2.24) is 19.5 Å². The summed E-state index contributed by atoms with van der Waals surface area (Å²) in [6.07, 6.45) is 5.93. The van der Waals surface area contributed by atoms with Crippen LogP contribution in [0.2, 0.25) is 0 Å². The molecular formula is C27H32FN8O4+. The summed E-state index contributed by atoms with van der Waals surface area (Å²) in [6, 6.07) is 9.57. The average molecular weight is 552 g/mol. The molecule has 3 aromatic rings. The second kappa shape index (κ2) is 11.9. The summed E-state index contributed by atoms with van der Waals surface area (Å²) >= 11 is 0. The highest BCUT2D eigenvalue weighted by Gasteiger charge is 2.38. The van der Waals surface area contributed by atoms with Crippen molar-refractivity contribution in [3.63, 3.8) is 0 Å². The van der Waals surface area contributed by atoms with Crippen LogP contribution in [0.1, 0.15) is 19.3 Å². The van der Waals surface area contributed by atoms with Gasteiger partial charge in [-0.25, -0.2) is 14.4 Å². The van der Waals surface area contributed by atoms with E-state index >= 15 is 0 Å². The molecule has 1 fully saturated rings. The van der Waals surface area contributed by atoms with E-state index < -0.39 is 16.3 Å². The Balaban J connectivity index is 1.34. The van der Waals surface area contributed by atoms with Gasteiger partial charge in [-0.05, 0) is 37.9 Å². The van der Waals surface area contributed by atoms with Crippen LogP contribution in [0.5, 0.6) is 11.5 Å². The van der Waals surface area contributed by atoms with Gasteiger partial charge in [0.15, 0.2) is 29.9 Å². The zero-order chi connectivity index (χ0) is 28.1. The standard InChI is InChI=1S/C27H31FN8O4/c1-39-23-12-21-22(13-24(23)40-10-4-9-35-8-3-6-19(35)16-37)30-17-31-27(21)32-26-15-36(34-33-26,14-25(29)38)20-7-2-5-18(28)11-20/h2,5,7,11-13,15,17,19,37H,3-4,6,8-10,14,16H2,1H3,(H2-,29,30,31,32,38)/p+1/t19-,36?/m0/s1. The Hall–Kier alpha value is -4.20. The molecule has 2 aliphatic heterocycles. The van der Waals surface area contributed by atoms with Crippen molar-refractivity contribution in [2.45, 2.75) is 25.3 Å². The molecule has 2 aromatic carbocycles. The van der Waals surface area contributed by atoms with Crippen LogP contribution in [0.25, 0.3) is 10.9 Å². The lowest BCUT2D eigenvalue weighted by molar-refractivity contribution is -0.118. The first-order chi connectivity index (χ1) is 19.4. The van der Waals surface area contributed by atoms with E-state index in [-0.39, 0.29) is 19.2 Å². The maximum absolute atomic E-state index is 14.0. The van der Waals surface area contributed by atoms with Crippen LogP contribution in [0, 0.1) is 5.82 Å². The summed E-state index contributed by atoms with van der Waals surface area (Å²) in [5.74, 6) is 0.708. The molecule has 0 bridgehead atoms. The highest BCUT2D eigenvalue weighted by molar-refractivity contribution is 5.92. The van der Waals surface area contributed by atoms with E-state index in [1.807, 2.05) is 0 Å². The minimum absolute atomic E-state index is 0.184. The molecule has 2 aliphatic rings. The summed E-state index contributed by atoms with van der Waals surface area (Å²) in [4.78, 5) is 22.9. The number of hydrogen-bond donors (Lipinski definition) is 3. The molecule has 1 saturated heterocycles. The number of aliphatic hydroxyl groups excluding tert-OH is 1. The molecule has 12 nitrogen and oxygen atoms in total. The van der Waals surface area contributed by atoms with Gasteiger partial charge in [0.25, 0.3) is 5.91 Å². The van der Waals surface area contributed by atoms with Gasteiger partial charge in [-0.1, -0.05) is 11.2 Å².